The zero-order valence-corrected chi connectivity index (χ0v) is 7.57. The van der Waals surface area contributed by atoms with Crippen LogP contribution in [0.5, 0.6) is 0 Å². The summed E-state index contributed by atoms with van der Waals surface area (Å²) in [6.45, 7) is 2.21. The third kappa shape index (κ3) is 2.81. The molecule has 68 valence electrons. The van der Waals surface area contributed by atoms with Crippen LogP contribution in [0.3, 0.4) is 0 Å². The SMILES string of the molecule is C#CCOC(/C=C/C)c1ccco1. The van der Waals surface area contributed by atoms with E-state index in [2.05, 4.69) is 5.92 Å². The summed E-state index contributed by atoms with van der Waals surface area (Å²) in [5.41, 5.74) is 0. The van der Waals surface area contributed by atoms with Crippen LogP contribution in [0.1, 0.15) is 18.8 Å². The average molecular weight is 176 g/mol. The minimum atomic E-state index is -0.170. The molecule has 1 rings (SSSR count). The van der Waals surface area contributed by atoms with Crippen LogP contribution < -0.4 is 0 Å². The molecule has 0 bridgehead atoms. The lowest BCUT2D eigenvalue weighted by Gasteiger charge is -2.08. The van der Waals surface area contributed by atoms with Gasteiger partial charge in [-0.25, -0.2) is 0 Å². The molecule has 0 saturated heterocycles. The second kappa shape index (κ2) is 5.23. The Morgan fingerprint density at radius 1 is 1.77 bits per heavy atom. The van der Waals surface area contributed by atoms with E-state index in [1.165, 1.54) is 0 Å². The molecule has 0 fully saturated rings. The van der Waals surface area contributed by atoms with Crippen LogP contribution in [0.2, 0.25) is 0 Å². The zero-order valence-electron chi connectivity index (χ0n) is 7.57. The summed E-state index contributed by atoms with van der Waals surface area (Å²) in [5.74, 6) is 3.19. The van der Waals surface area contributed by atoms with Crippen LogP contribution in [0, 0.1) is 12.3 Å². The monoisotopic (exact) mass is 176 g/mol. The van der Waals surface area contributed by atoms with Crippen LogP contribution in [0.15, 0.2) is 35.0 Å². The van der Waals surface area contributed by atoms with E-state index in [0.717, 1.165) is 5.76 Å². The predicted octanol–water partition coefficient (Wildman–Crippen LogP) is 2.55. The van der Waals surface area contributed by atoms with E-state index in [1.54, 1.807) is 6.26 Å². The molecule has 1 aromatic rings. The predicted molar refractivity (Wildman–Crippen MR) is 51.0 cm³/mol. The molecule has 0 saturated carbocycles. The van der Waals surface area contributed by atoms with Gasteiger partial charge in [-0.15, -0.1) is 6.42 Å². The van der Waals surface area contributed by atoms with Crippen molar-refractivity contribution in [3.8, 4) is 12.3 Å². The van der Waals surface area contributed by atoms with Gasteiger partial charge in [0.15, 0.2) is 0 Å². The molecule has 2 heteroatoms. The van der Waals surface area contributed by atoms with Gasteiger partial charge in [-0.05, 0) is 19.1 Å². The van der Waals surface area contributed by atoms with Crippen LogP contribution in [-0.2, 0) is 4.74 Å². The molecule has 0 radical (unpaired) electrons. The fourth-order valence-corrected chi connectivity index (χ4v) is 0.998. The summed E-state index contributed by atoms with van der Waals surface area (Å²) in [6.07, 6.45) is 10.3. The van der Waals surface area contributed by atoms with E-state index in [-0.39, 0.29) is 12.7 Å². The van der Waals surface area contributed by atoms with Crippen molar-refractivity contribution in [3.63, 3.8) is 0 Å². The molecule has 1 heterocycles. The Bertz CT molecular complexity index is 290. The number of rotatable bonds is 4. The highest BCUT2D eigenvalue weighted by Gasteiger charge is 2.09. The molecule has 1 aromatic heterocycles. The van der Waals surface area contributed by atoms with E-state index in [9.17, 15) is 0 Å². The van der Waals surface area contributed by atoms with Crippen molar-refractivity contribution in [1.82, 2.24) is 0 Å². The summed E-state index contributed by atoms with van der Waals surface area (Å²) in [6, 6.07) is 3.69. The number of hydrogen-bond acceptors (Lipinski definition) is 2. The molecule has 1 atom stereocenters. The van der Waals surface area contributed by atoms with Gasteiger partial charge in [0.2, 0.25) is 0 Å². The lowest BCUT2D eigenvalue weighted by atomic mass is 10.2. The zero-order chi connectivity index (χ0) is 9.52. The number of allylic oxidation sites excluding steroid dienone is 1. The highest BCUT2D eigenvalue weighted by Crippen LogP contribution is 2.18. The van der Waals surface area contributed by atoms with Crippen molar-refractivity contribution in [2.45, 2.75) is 13.0 Å². The first-order chi connectivity index (χ1) is 6.38. The van der Waals surface area contributed by atoms with Gasteiger partial charge in [-0.1, -0.05) is 18.1 Å². The Kier molecular flexibility index (Phi) is 3.87. The van der Waals surface area contributed by atoms with Crippen molar-refractivity contribution >= 4 is 0 Å². The number of hydrogen-bond donors (Lipinski definition) is 0. The molecular formula is C11H12O2. The Morgan fingerprint density at radius 3 is 3.15 bits per heavy atom. The largest absolute Gasteiger partial charge is 0.466 e. The van der Waals surface area contributed by atoms with Gasteiger partial charge in [-0.2, -0.15) is 0 Å². The highest BCUT2D eigenvalue weighted by molar-refractivity contribution is 5.09. The average Bonchev–Trinajstić information content (AvgIpc) is 2.65. The molecule has 1 unspecified atom stereocenters. The van der Waals surface area contributed by atoms with E-state index >= 15 is 0 Å². The van der Waals surface area contributed by atoms with Gasteiger partial charge < -0.3 is 9.15 Å². The Labute approximate surface area is 78.2 Å². The molecule has 0 N–H and O–H groups in total. The Balaban J connectivity index is 2.64. The van der Waals surface area contributed by atoms with Gasteiger partial charge in [0.05, 0.1) is 6.26 Å². The quantitative estimate of drug-likeness (QED) is 0.519. The topological polar surface area (TPSA) is 22.4 Å². The minimum absolute atomic E-state index is 0.170. The molecule has 0 aliphatic carbocycles. The molecule has 0 aliphatic rings. The minimum Gasteiger partial charge on any atom is -0.466 e. The fraction of sp³-hybridized carbons (Fsp3) is 0.273. The number of terminal acetylenes is 1. The molecule has 0 aliphatic heterocycles. The van der Waals surface area contributed by atoms with E-state index in [4.69, 9.17) is 15.6 Å². The normalized spacial score (nSPS) is 12.9. The first-order valence-corrected chi connectivity index (χ1v) is 4.09. The van der Waals surface area contributed by atoms with Gasteiger partial charge in [0.25, 0.3) is 0 Å². The van der Waals surface area contributed by atoms with Gasteiger partial charge >= 0.3 is 0 Å². The Morgan fingerprint density at radius 2 is 2.62 bits per heavy atom. The lowest BCUT2D eigenvalue weighted by molar-refractivity contribution is 0.0965. The summed E-state index contributed by atoms with van der Waals surface area (Å²) in [7, 11) is 0. The van der Waals surface area contributed by atoms with Crippen molar-refractivity contribution in [3.05, 3.63) is 36.3 Å². The van der Waals surface area contributed by atoms with Crippen molar-refractivity contribution in [2.75, 3.05) is 6.61 Å². The van der Waals surface area contributed by atoms with Gasteiger partial charge in [0.1, 0.15) is 18.5 Å². The standard InChI is InChI=1S/C11H12O2/c1-3-6-10(12-8-4-2)11-7-5-9-13-11/h2-3,5-7,9-10H,8H2,1H3/b6-3+. The van der Waals surface area contributed by atoms with E-state index in [1.807, 2.05) is 31.2 Å². The summed E-state index contributed by atoms with van der Waals surface area (Å²) in [5, 5.41) is 0. The number of furan rings is 1. The van der Waals surface area contributed by atoms with Crippen molar-refractivity contribution in [2.24, 2.45) is 0 Å². The van der Waals surface area contributed by atoms with E-state index < -0.39 is 0 Å². The van der Waals surface area contributed by atoms with Gasteiger partial charge in [-0.3, -0.25) is 0 Å². The molecule has 0 aromatic carbocycles. The van der Waals surface area contributed by atoms with Crippen LogP contribution in [0.25, 0.3) is 0 Å². The molecule has 0 amide bonds. The second-order valence-corrected chi connectivity index (χ2v) is 2.48. The lowest BCUT2D eigenvalue weighted by Crippen LogP contribution is -2.00. The van der Waals surface area contributed by atoms with Crippen molar-refractivity contribution in [1.29, 1.82) is 0 Å². The first kappa shape index (κ1) is 9.63. The van der Waals surface area contributed by atoms with Crippen LogP contribution in [-0.4, -0.2) is 6.61 Å². The van der Waals surface area contributed by atoms with Crippen LogP contribution in [0.4, 0.5) is 0 Å². The maximum atomic E-state index is 5.36. The summed E-state index contributed by atoms with van der Waals surface area (Å²) < 4.78 is 10.6. The fourth-order valence-electron chi connectivity index (χ4n) is 0.998. The molecule has 2 nitrogen and oxygen atoms in total. The maximum Gasteiger partial charge on any atom is 0.136 e. The molecular weight excluding hydrogens is 164 g/mol. The van der Waals surface area contributed by atoms with E-state index in [0.29, 0.717) is 0 Å². The molecule has 13 heavy (non-hydrogen) atoms. The third-order valence-electron chi connectivity index (χ3n) is 1.54. The summed E-state index contributed by atoms with van der Waals surface area (Å²) >= 11 is 0. The van der Waals surface area contributed by atoms with Gasteiger partial charge in [0, 0.05) is 0 Å². The van der Waals surface area contributed by atoms with Crippen molar-refractivity contribution < 1.29 is 9.15 Å². The molecule has 0 spiro atoms. The summed E-state index contributed by atoms with van der Waals surface area (Å²) in [4.78, 5) is 0. The first-order valence-electron chi connectivity index (χ1n) is 4.09. The maximum absolute atomic E-state index is 5.36. The Hall–Kier alpha value is -1.46. The highest BCUT2D eigenvalue weighted by atomic mass is 16.5. The van der Waals surface area contributed by atoms with Crippen LogP contribution >= 0.6 is 0 Å². The third-order valence-corrected chi connectivity index (χ3v) is 1.54. The number of ether oxygens (including phenoxy) is 1. The second-order valence-electron chi connectivity index (χ2n) is 2.48. The smallest absolute Gasteiger partial charge is 0.136 e.